The molecular weight excluding hydrogens is 305 g/mol. The second-order valence-corrected chi connectivity index (χ2v) is 5.55. The highest BCUT2D eigenvalue weighted by molar-refractivity contribution is 9.10. The van der Waals surface area contributed by atoms with E-state index < -0.39 is 11.4 Å². The Balaban J connectivity index is 3.13. The zero-order valence-corrected chi connectivity index (χ0v) is 12.4. The minimum Gasteiger partial charge on any atom is -0.485 e. The summed E-state index contributed by atoms with van der Waals surface area (Å²) in [6, 6.07) is 3.20. The maximum absolute atomic E-state index is 14.0. The first kappa shape index (κ1) is 14.4. The van der Waals surface area contributed by atoms with Crippen molar-refractivity contribution in [3.8, 4) is 5.75 Å². The van der Waals surface area contributed by atoms with Gasteiger partial charge in [0.2, 0.25) is 0 Å². The van der Waals surface area contributed by atoms with Gasteiger partial charge in [0.25, 0.3) is 0 Å². The van der Waals surface area contributed by atoms with Crippen LogP contribution < -0.4 is 10.5 Å². The van der Waals surface area contributed by atoms with E-state index in [1.165, 1.54) is 0 Å². The quantitative estimate of drug-likeness (QED) is 0.857. The summed E-state index contributed by atoms with van der Waals surface area (Å²) in [7, 11) is 0. The molecule has 0 amide bonds. The number of hydrogen-bond donors (Lipinski definition) is 1. The Labute approximate surface area is 114 Å². The molecule has 0 spiro atoms. The Morgan fingerprint density at radius 2 is 2.12 bits per heavy atom. The number of halogens is 2. The number of hydrogen-bond acceptors (Lipinski definition) is 2. The molecule has 0 bridgehead atoms. The summed E-state index contributed by atoms with van der Waals surface area (Å²) in [6.07, 6.45) is 0.779. The van der Waals surface area contributed by atoms with Gasteiger partial charge in [-0.15, -0.1) is 0 Å². The predicted molar refractivity (Wildman–Crippen MR) is 75.0 cm³/mol. The molecule has 17 heavy (non-hydrogen) atoms. The third kappa shape index (κ3) is 3.39. The molecule has 5 heteroatoms. The van der Waals surface area contributed by atoms with Crippen LogP contribution in [0.2, 0.25) is 0 Å². The molecule has 0 unspecified atom stereocenters. The van der Waals surface area contributed by atoms with Gasteiger partial charge in [0.1, 0.15) is 10.6 Å². The molecule has 0 heterocycles. The summed E-state index contributed by atoms with van der Waals surface area (Å²) in [5, 5.41) is 0. The smallest absolute Gasteiger partial charge is 0.179 e. The average molecular weight is 320 g/mol. The molecule has 0 fully saturated rings. The molecule has 2 nitrogen and oxygen atoms in total. The summed E-state index contributed by atoms with van der Waals surface area (Å²) in [5.74, 6) is -0.277. The van der Waals surface area contributed by atoms with Crippen LogP contribution in [-0.2, 0) is 0 Å². The summed E-state index contributed by atoms with van der Waals surface area (Å²) < 4.78 is 19.9. The Morgan fingerprint density at radius 3 is 2.59 bits per heavy atom. The van der Waals surface area contributed by atoms with Crippen LogP contribution in [0.3, 0.4) is 0 Å². The van der Waals surface area contributed by atoms with E-state index in [1.807, 2.05) is 20.8 Å². The van der Waals surface area contributed by atoms with Crippen LogP contribution >= 0.6 is 28.1 Å². The van der Waals surface area contributed by atoms with Gasteiger partial charge >= 0.3 is 0 Å². The lowest BCUT2D eigenvalue weighted by Crippen LogP contribution is -2.27. The largest absolute Gasteiger partial charge is 0.485 e. The molecule has 0 radical (unpaired) electrons. The fourth-order valence-electron chi connectivity index (χ4n) is 1.17. The maximum atomic E-state index is 14.0. The van der Waals surface area contributed by atoms with Gasteiger partial charge < -0.3 is 10.5 Å². The lowest BCUT2D eigenvalue weighted by atomic mass is 10.1. The van der Waals surface area contributed by atoms with Crippen LogP contribution in [0.15, 0.2) is 16.6 Å². The van der Waals surface area contributed by atoms with Crippen molar-refractivity contribution in [3.05, 3.63) is 28.0 Å². The first-order valence-electron chi connectivity index (χ1n) is 5.25. The third-order valence-electron chi connectivity index (χ3n) is 2.55. The van der Waals surface area contributed by atoms with Crippen molar-refractivity contribution in [2.75, 3.05) is 0 Å². The third-order valence-corrected chi connectivity index (χ3v) is 3.55. The Bertz CT molecular complexity index is 448. The highest BCUT2D eigenvalue weighted by Gasteiger charge is 2.21. The van der Waals surface area contributed by atoms with Crippen LogP contribution in [0, 0.1) is 5.82 Å². The molecule has 0 atom stereocenters. The minimum atomic E-state index is -0.475. The van der Waals surface area contributed by atoms with E-state index in [4.69, 9.17) is 22.7 Å². The van der Waals surface area contributed by atoms with E-state index in [1.54, 1.807) is 12.1 Å². The monoisotopic (exact) mass is 319 g/mol. The molecule has 1 aromatic carbocycles. The SMILES string of the molecule is CCC(C)(C)Oc1ccc(C(N)=S)c(Br)c1F. The van der Waals surface area contributed by atoms with E-state index in [-0.39, 0.29) is 15.2 Å². The minimum absolute atomic E-state index is 0.150. The molecule has 0 aliphatic carbocycles. The average Bonchev–Trinajstić information content (AvgIpc) is 2.24. The number of rotatable bonds is 4. The molecule has 0 aliphatic rings. The van der Waals surface area contributed by atoms with Crippen molar-refractivity contribution in [2.24, 2.45) is 5.73 Å². The Kier molecular flexibility index (Phi) is 4.49. The van der Waals surface area contributed by atoms with Crippen molar-refractivity contribution in [2.45, 2.75) is 32.8 Å². The van der Waals surface area contributed by atoms with E-state index in [9.17, 15) is 4.39 Å². The first-order chi connectivity index (χ1) is 7.78. The number of thiocarbonyl (C=S) groups is 1. The van der Waals surface area contributed by atoms with Crippen LogP contribution in [-0.4, -0.2) is 10.6 Å². The molecule has 0 aliphatic heterocycles. The zero-order valence-electron chi connectivity index (χ0n) is 10.0. The lowest BCUT2D eigenvalue weighted by Gasteiger charge is -2.25. The molecule has 0 aromatic heterocycles. The normalized spacial score (nSPS) is 11.4. The molecule has 94 valence electrons. The summed E-state index contributed by atoms with van der Waals surface area (Å²) in [4.78, 5) is 0.150. The highest BCUT2D eigenvalue weighted by atomic mass is 79.9. The van der Waals surface area contributed by atoms with Crippen LogP contribution in [0.4, 0.5) is 4.39 Å². The molecular formula is C12H15BrFNOS. The number of benzene rings is 1. The van der Waals surface area contributed by atoms with Gasteiger partial charge in [-0.2, -0.15) is 0 Å². The van der Waals surface area contributed by atoms with Crippen molar-refractivity contribution in [1.82, 2.24) is 0 Å². The molecule has 2 N–H and O–H groups in total. The summed E-state index contributed by atoms with van der Waals surface area (Å²) in [6.45, 7) is 5.79. The van der Waals surface area contributed by atoms with Gasteiger partial charge in [-0.1, -0.05) is 19.1 Å². The van der Waals surface area contributed by atoms with Crippen molar-refractivity contribution >= 4 is 33.1 Å². The first-order valence-corrected chi connectivity index (χ1v) is 6.45. The van der Waals surface area contributed by atoms with E-state index in [2.05, 4.69) is 15.9 Å². The highest BCUT2D eigenvalue weighted by Crippen LogP contribution is 2.31. The van der Waals surface area contributed by atoms with E-state index in [0.717, 1.165) is 6.42 Å². The fraction of sp³-hybridized carbons (Fsp3) is 0.417. The summed E-state index contributed by atoms with van der Waals surface area (Å²) in [5.41, 5.74) is 5.54. The van der Waals surface area contributed by atoms with E-state index >= 15 is 0 Å². The van der Waals surface area contributed by atoms with Crippen molar-refractivity contribution in [3.63, 3.8) is 0 Å². The fourth-order valence-corrected chi connectivity index (χ4v) is 2.01. The Morgan fingerprint density at radius 1 is 1.53 bits per heavy atom. The van der Waals surface area contributed by atoms with Crippen LogP contribution in [0.1, 0.15) is 32.8 Å². The second kappa shape index (κ2) is 5.31. The van der Waals surface area contributed by atoms with Gasteiger partial charge in [-0.25, -0.2) is 4.39 Å². The van der Waals surface area contributed by atoms with Crippen LogP contribution in [0.25, 0.3) is 0 Å². The molecule has 0 saturated carbocycles. The zero-order chi connectivity index (χ0) is 13.2. The molecule has 0 saturated heterocycles. The van der Waals surface area contributed by atoms with Gasteiger partial charge in [0.15, 0.2) is 11.6 Å². The Hall–Kier alpha value is -0.680. The van der Waals surface area contributed by atoms with Crippen LogP contribution in [0.5, 0.6) is 5.75 Å². The number of nitrogens with two attached hydrogens (primary N) is 1. The predicted octanol–water partition coefficient (Wildman–Crippen LogP) is 3.79. The van der Waals surface area contributed by atoms with Gasteiger partial charge in [-0.05, 0) is 48.3 Å². The lowest BCUT2D eigenvalue weighted by molar-refractivity contribution is 0.0993. The van der Waals surface area contributed by atoms with Gasteiger partial charge in [0, 0.05) is 5.56 Å². The standard InChI is InChI=1S/C12H15BrFNOS/c1-4-12(2,3)16-8-6-5-7(11(15)17)9(13)10(8)14/h5-6H,4H2,1-3H3,(H2,15,17). The van der Waals surface area contributed by atoms with Gasteiger partial charge in [-0.3, -0.25) is 0 Å². The maximum Gasteiger partial charge on any atom is 0.179 e. The van der Waals surface area contributed by atoms with Crippen molar-refractivity contribution < 1.29 is 9.13 Å². The van der Waals surface area contributed by atoms with E-state index in [0.29, 0.717) is 5.56 Å². The van der Waals surface area contributed by atoms with Crippen molar-refractivity contribution in [1.29, 1.82) is 0 Å². The molecule has 1 aromatic rings. The second-order valence-electron chi connectivity index (χ2n) is 4.32. The topological polar surface area (TPSA) is 35.2 Å². The van der Waals surface area contributed by atoms with Gasteiger partial charge in [0.05, 0.1) is 4.47 Å². The number of ether oxygens (including phenoxy) is 1. The summed E-state index contributed by atoms with van der Waals surface area (Å²) >= 11 is 7.96. The molecule has 1 rings (SSSR count).